The second kappa shape index (κ2) is 4.95. The standard InChI is InChI=1S/C10H18N2O2S/c1-9(2)15(13,14)7-6-12-5-3-4-10(12)8-11/h9-10H,3-7H2,1-2H3. The van der Waals surface area contributed by atoms with Crippen molar-refractivity contribution in [2.24, 2.45) is 0 Å². The average molecular weight is 230 g/mol. The fraction of sp³-hybridized carbons (Fsp3) is 0.900. The third-order valence-corrected chi connectivity index (χ3v) is 5.08. The fourth-order valence-corrected chi connectivity index (χ4v) is 2.68. The van der Waals surface area contributed by atoms with Gasteiger partial charge in [0.15, 0.2) is 9.84 Å². The Kier molecular flexibility index (Phi) is 4.12. The van der Waals surface area contributed by atoms with Crippen molar-refractivity contribution in [2.75, 3.05) is 18.8 Å². The zero-order chi connectivity index (χ0) is 11.5. The maximum atomic E-state index is 11.6. The predicted octanol–water partition coefficient (Wildman–Crippen LogP) is 0.798. The molecule has 0 bridgehead atoms. The quantitative estimate of drug-likeness (QED) is 0.716. The number of rotatable bonds is 4. The number of nitriles is 1. The molecule has 0 radical (unpaired) electrons. The SMILES string of the molecule is CC(C)S(=O)(=O)CCN1CCCC1C#N. The first kappa shape index (κ1) is 12.5. The maximum Gasteiger partial charge on any atom is 0.153 e. The summed E-state index contributed by atoms with van der Waals surface area (Å²) in [5.74, 6) is 0.169. The summed E-state index contributed by atoms with van der Waals surface area (Å²) >= 11 is 0. The van der Waals surface area contributed by atoms with Gasteiger partial charge < -0.3 is 0 Å². The van der Waals surface area contributed by atoms with Crippen LogP contribution in [0.2, 0.25) is 0 Å². The van der Waals surface area contributed by atoms with Crippen LogP contribution in [0.5, 0.6) is 0 Å². The molecular weight excluding hydrogens is 212 g/mol. The van der Waals surface area contributed by atoms with Crippen molar-refractivity contribution in [3.05, 3.63) is 0 Å². The van der Waals surface area contributed by atoms with Crippen molar-refractivity contribution >= 4 is 9.84 Å². The Morgan fingerprint density at radius 1 is 1.53 bits per heavy atom. The van der Waals surface area contributed by atoms with E-state index < -0.39 is 9.84 Å². The van der Waals surface area contributed by atoms with Crippen molar-refractivity contribution in [3.8, 4) is 6.07 Å². The highest BCUT2D eigenvalue weighted by Crippen LogP contribution is 2.16. The number of hydrogen-bond acceptors (Lipinski definition) is 4. The lowest BCUT2D eigenvalue weighted by molar-refractivity contribution is 0.312. The van der Waals surface area contributed by atoms with Crippen molar-refractivity contribution in [2.45, 2.75) is 38.0 Å². The third kappa shape index (κ3) is 3.18. The molecule has 5 heteroatoms. The molecule has 0 N–H and O–H groups in total. The van der Waals surface area contributed by atoms with E-state index in [1.54, 1.807) is 13.8 Å². The van der Waals surface area contributed by atoms with Gasteiger partial charge in [0.2, 0.25) is 0 Å². The second-order valence-electron chi connectivity index (χ2n) is 4.24. The first-order chi connectivity index (χ1) is 6.97. The monoisotopic (exact) mass is 230 g/mol. The van der Waals surface area contributed by atoms with Gasteiger partial charge in [0.25, 0.3) is 0 Å². The first-order valence-corrected chi connectivity index (χ1v) is 7.04. The molecule has 1 aliphatic rings. The van der Waals surface area contributed by atoms with E-state index >= 15 is 0 Å². The van der Waals surface area contributed by atoms with Crippen LogP contribution in [0.15, 0.2) is 0 Å². The molecule has 1 atom stereocenters. The summed E-state index contributed by atoms with van der Waals surface area (Å²) in [6.45, 7) is 4.74. The molecule has 1 saturated heterocycles. The number of likely N-dealkylation sites (tertiary alicyclic amines) is 1. The Hall–Kier alpha value is -0.600. The van der Waals surface area contributed by atoms with Gasteiger partial charge in [-0.15, -0.1) is 0 Å². The molecule has 0 saturated carbocycles. The Bertz CT molecular complexity index is 343. The van der Waals surface area contributed by atoms with Crippen LogP contribution < -0.4 is 0 Å². The topological polar surface area (TPSA) is 61.2 Å². The van der Waals surface area contributed by atoms with E-state index in [1.807, 2.05) is 4.90 Å². The van der Waals surface area contributed by atoms with Gasteiger partial charge in [0.1, 0.15) is 0 Å². The van der Waals surface area contributed by atoms with E-state index in [4.69, 9.17) is 5.26 Å². The highest BCUT2D eigenvalue weighted by atomic mass is 32.2. The lowest BCUT2D eigenvalue weighted by Crippen LogP contribution is -2.34. The molecule has 1 rings (SSSR count). The van der Waals surface area contributed by atoms with Crippen molar-refractivity contribution in [3.63, 3.8) is 0 Å². The smallest absolute Gasteiger partial charge is 0.153 e. The Morgan fingerprint density at radius 3 is 2.73 bits per heavy atom. The minimum atomic E-state index is -2.97. The molecule has 1 heterocycles. The average Bonchev–Trinajstić information content (AvgIpc) is 2.61. The third-order valence-electron chi connectivity index (χ3n) is 2.89. The summed E-state index contributed by atoms with van der Waals surface area (Å²) < 4.78 is 23.1. The highest BCUT2D eigenvalue weighted by molar-refractivity contribution is 7.92. The van der Waals surface area contributed by atoms with Gasteiger partial charge in [-0.25, -0.2) is 8.42 Å². The van der Waals surface area contributed by atoms with Crippen LogP contribution in [0, 0.1) is 11.3 Å². The molecule has 0 aliphatic carbocycles. The normalized spacial score (nSPS) is 23.2. The largest absolute Gasteiger partial charge is 0.287 e. The summed E-state index contributed by atoms with van der Waals surface area (Å²) in [6, 6.07) is 2.13. The van der Waals surface area contributed by atoms with Crippen LogP contribution in [-0.2, 0) is 9.84 Å². The van der Waals surface area contributed by atoms with E-state index in [0.29, 0.717) is 6.54 Å². The zero-order valence-corrected chi connectivity index (χ0v) is 10.1. The molecule has 86 valence electrons. The second-order valence-corrected chi connectivity index (χ2v) is 6.92. The highest BCUT2D eigenvalue weighted by Gasteiger charge is 2.26. The van der Waals surface area contributed by atoms with Gasteiger partial charge in [-0.05, 0) is 33.2 Å². The van der Waals surface area contributed by atoms with Gasteiger partial charge in [-0.1, -0.05) is 0 Å². The molecule has 0 spiro atoms. The van der Waals surface area contributed by atoms with Crippen LogP contribution in [0.1, 0.15) is 26.7 Å². The lowest BCUT2D eigenvalue weighted by atomic mass is 10.2. The predicted molar refractivity (Wildman–Crippen MR) is 59.1 cm³/mol. The summed E-state index contributed by atoms with van der Waals surface area (Å²) in [5, 5.41) is 8.52. The summed E-state index contributed by atoms with van der Waals surface area (Å²) in [6.07, 6.45) is 1.87. The molecule has 0 amide bonds. The van der Waals surface area contributed by atoms with Crippen molar-refractivity contribution in [1.82, 2.24) is 4.90 Å². The molecule has 1 fully saturated rings. The Morgan fingerprint density at radius 2 is 2.20 bits per heavy atom. The number of nitrogens with zero attached hydrogens (tertiary/aromatic N) is 2. The van der Waals surface area contributed by atoms with Gasteiger partial charge in [0.05, 0.1) is 23.1 Å². The summed E-state index contributed by atoms with van der Waals surface area (Å²) in [4.78, 5) is 1.97. The lowest BCUT2D eigenvalue weighted by Gasteiger charge is -2.19. The van der Waals surface area contributed by atoms with E-state index in [2.05, 4.69) is 6.07 Å². The Balaban J connectivity index is 2.48. The fourth-order valence-electron chi connectivity index (χ4n) is 1.72. The first-order valence-electron chi connectivity index (χ1n) is 5.32. The summed E-state index contributed by atoms with van der Waals surface area (Å²) in [5.41, 5.74) is 0. The van der Waals surface area contributed by atoms with Gasteiger partial charge in [-0.3, -0.25) is 4.90 Å². The van der Waals surface area contributed by atoms with Gasteiger partial charge in [-0.2, -0.15) is 5.26 Å². The summed E-state index contributed by atoms with van der Waals surface area (Å²) in [7, 11) is -2.97. The van der Waals surface area contributed by atoms with Crippen LogP contribution in [-0.4, -0.2) is 43.5 Å². The van der Waals surface area contributed by atoms with Crippen molar-refractivity contribution < 1.29 is 8.42 Å². The van der Waals surface area contributed by atoms with Crippen LogP contribution in [0.4, 0.5) is 0 Å². The van der Waals surface area contributed by atoms with Gasteiger partial charge in [0, 0.05) is 6.54 Å². The van der Waals surface area contributed by atoms with Crippen molar-refractivity contribution in [1.29, 1.82) is 5.26 Å². The molecule has 0 aromatic rings. The maximum absolute atomic E-state index is 11.6. The number of sulfone groups is 1. The molecular formula is C10H18N2O2S. The molecule has 1 aliphatic heterocycles. The minimum Gasteiger partial charge on any atom is -0.287 e. The minimum absolute atomic E-state index is 0.0765. The zero-order valence-electron chi connectivity index (χ0n) is 9.31. The van der Waals surface area contributed by atoms with E-state index in [1.165, 1.54) is 0 Å². The number of hydrogen-bond donors (Lipinski definition) is 0. The molecule has 0 aromatic carbocycles. The Labute approximate surface area is 91.8 Å². The van der Waals surface area contributed by atoms with E-state index in [9.17, 15) is 8.42 Å². The van der Waals surface area contributed by atoms with E-state index in [0.717, 1.165) is 19.4 Å². The van der Waals surface area contributed by atoms with Crippen LogP contribution in [0.25, 0.3) is 0 Å². The van der Waals surface area contributed by atoms with E-state index in [-0.39, 0.29) is 17.0 Å². The van der Waals surface area contributed by atoms with Crippen LogP contribution in [0.3, 0.4) is 0 Å². The van der Waals surface area contributed by atoms with Gasteiger partial charge >= 0.3 is 0 Å². The molecule has 4 nitrogen and oxygen atoms in total. The molecule has 1 unspecified atom stereocenters. The van der Waals surface area contributed by atoms with Crippen LogP contribution >= 0.6 is 0 Å². The molecule has 0 aromatic heterocycles. The molecule has 15 heavy (non-hydrogen) atoms.